The van der Waals surface area contributed by atoms with E-state index in [9.17, 15) is 17.6 Å². The highest BCUT2D eigenvalue weighted by atomic mass is 32.2. The molecule has 0 aliphatic heterocycles. The zero-order valence-corrected chi connectivity index (χ0v) is 17.0. The van der Waals surface area contributed by atoms with Gasteiger partial charge in [0.2, 0.25) is 15.9 Å². The van der Waals surface area contributed by atoms with E-state index >= 15 is 0 Å². The minimum absolute atomic E-state index is 0.237. The fourth-order valence-corrected chi connectivity index (χ4v) is 4.12. The minimum Gasteiger partial charge on any atom is -0.496 e. The molecule has 8 heteroatoms. The van der Waals surface area contributed by atoms with E-state index in [0.717, 1.165) is 34.0 Å². The number of anilines is 1. The zero-order valence-electron chi connectivity index (χ0n) is 16.2. The summed E-state index contributed by atoms with van der Waals surface area (Å²) in [6, 6.07) is 11.7. The average molecular weight is 408 g/mol. The first-order chi connectivity index (χ1) is 13.2. The molecular formula is C20H25FN2O4S. The summed E-state index contributed by atoms with van der Waals surface area (Å²) in [6.45, 7) is 1.89. The largest absolute Gasteiger partial charge is 0.496 e. The number of carbonyl (C=O) groups is 1. The summed E-state index contributed by atoms with van der Waals surface area (Å²) >= 11 is 0. The molecule has 0 saturated carbocycles. The summed E-state index contributed by atoms with van der Waals surface area (Å²) < 4.78 is 43.8. The van der Waals surface area contributed by atoms with E-state index < -0.39 is 27.8 Å². The lowest BCUT2D eigenvalue weighted by molar-refractivity contribution is -0.121. The van der Waals surface area contributed by atoms with Crippen molar-refractivity contribution < 1.29 is 22.3 Å². The van der Waals surface area contributed by atoms with Gasteiger partial charge in [-0.2, -0.15) is 0 Å². The van der Waals surface area contributed by atoms with Gasteiger partial charge in [0.1, 0.15) is 17.6 Å². The lowest BCUT2D eigenvalue weighted by atomic mass is 10.1. The van der Waals surface area contributed by atoms with Crippen LogP contribution in [0.2, 0.25) is 0 Å². The Balaban J connectivity index is 1.98. The Morgan fingerprint density at radius 1 is 1.18 bits per heavy atom. The van der Waals surface area contributed by atoms with Crippen LogP contribution in [0.15, 0.2) is 48.5 Å². The average Bonchev–Trinajstić information content (AvgIpc) is 2.66. The maximum Gasteiger partial charge on any atom is 0.243 e. The summed E-state index contributed by atoms with van der Waals surface area (Å²) in [5, 5.41) is 2.76. The van der Waals surface area contributed by atoms with E-state index in [0.29, 0.717) is 19.4 Å². The predicted octanol–water partition coefficient (Wildman–Crippen LogP) is 2.74. The van der Waals surface area contributed by atoms with Crippen LogP contribution in [0.4, 0.5) is 10.1 Å². The second kappa shape index (κ2) is 9.54. The van der Waals surface area contributed by atoms with Gasteiger partial charge in [-0.3, -0.25) is 9.10 Å². The number of hydrogen-bond acceptors (Lipinski definition) is 4. The first kappa shape index (κ1) is 21.7. The Bertz CT molecular complexity index is 901. The summed E-state index contributed by atoms with van der Waals surface area (Å²) in [6.07, 6.45) is 2.41. The molecule has 28 heavy (non-hydrogen) atoms. The Kier molecular flexibility index (Phi) is 7.39. The highest BCUT2D eigenvalue weighted by Gasteiger charge is 2.28. The standard InChI is InChI=1S/C20H25FN2O4S/c1-15(23(28(3,25)26)18-12-10-17(21)11-13-18)20(24)22-14-6-8-16-7-4-5-9-19(16)27-2/h4-5,7,9-13,15H,6,8,14H2,1-3H3,(H,22,24). The van der Waals surface area contributed by atoms with Gasteiger partial charge in [0.25, 0.3) is 0 Å². The topological polar surface area (TPSA) is 75.7 Å². The van der Waals surface area contributed by atoms with Crippen LogP contribution in [0, 0.1) is 5.82 Å². The van der Waals surface area contributed by atoms with Crippen LogP contribution < -0.4 is 14.4 Å². The molecule has 1 amide bonds. The number of nitrogens with zero attached hydrogens (tertiary/aromatic N) is 1. The zero-order chi connectivity index (χ0) is 20.7. The van der Waals surface area contributed by atoms with E-state index in [4.69, 9.17) is 4.74 Å². The van der Waals surface area contributed by atoms with Gasteiger partial charge in [-0.15, -0.1) is 0 Å². The molecule has 0 radical (unpaired) electrons. The molecule has 2 rings (SSSR count). The van der Waals surface area contributed by atoms with Gasteiger partial charge in [-0.1, -0.05) is 18.2 Å². The Morgan fingerprint density at radius 3 is 2.43 bits per heavy atom. The van der Waals surface area contributed by atoms with Crippen LogP contribution in [0.3, 0.4) is 0 Å². The molecule has 0 heterocycles. The van der Waals surface area contributed by atoms with E-state index in [1.54, 1.807) is 7.11 Å². The van der Waals surface area contributed by atoms with Crippen molar-refractivity contribution in [3.8, 4) is 5.75 Å². The molecule has 2 aromatic rings. The second-order valence-corrected chi connectivity index (χ2v) is 8.28. The third kappa shape index (κ3) is 5.69. The van der Waals surface area contributed by atoms with Crippen molar-refractivity contribution in [2.45, 2.75) is 25.8 Å². The molecule has 6 nitrogen and oxygen atoms in total. The van der Waals surface area contributed by atoms with Crippen LogP contribution in [0.1, 0.15) is 18.9 Å². The molecule has 1 unspecified atom stereocenters. The highest BCUT2D eigenvalue weighted by molar-refractivity contribution is 7.92. The smallest absolute Gasteiger partial charge is 0.243 e. The molecule has 0 aliphatic carbocycles. The number of rotatable bonds is 9. The van der Waals surface area contributed by atoms with E-state index in [-0.39, 0.29) is 5.69 Å². The summed E-state index contributed by atoms with van der Waals surface area (Å²) in [5.74, 6) is -0.109. The maximum atomic E-state index is 13.1. The minimum atomic E-state index is -3.72. The van der Waals surface area contributed by atoms with Crippen molar-refractivity contribution in [3.63, 3.8) is 0 Å². The molecule has 1 N–H and O–H groups in total. The summed E-state index contributed by atoms with van der Waals surface area (Å²) in [5.41, 5.74) is 1.27. The summed E-state index contributed by atoms with van der Waals surface area (Å²) in [4.78, 5) is 12.5. The van der Waals surface area contributed by atoms with Crippen LogP contribution in [-0.2, 0) is 21.2 Å². The van der Waals surface area contributed by atoms with Crippen molar-refractivity contribution in [2.24, 2.45) is 0 Å². The van der Waals surface area contributed by atoms with Gasteiger partial charge in [-0.05, 0) is 55.7 Å². The van der Waals surface area contributed by atoms with E-state index in [1.165, 1.54) is 19.1 Å². The van der Waals surface area contributed by atoms with Crippen molar-refractivity contribution in [3.05, 3.63) is 59.9 Å². The first-order valence-corrected chi connectivity index (χ1v) is 10.7. The SMILES string of the molecule is COc1ccccc1CCCNC(=O)C(C)N(c1ccc(F)cc1)S(C)(=O)=O. The predicted molar refractivity (Wildman–Crippen MR) is 108 cm³/mol. The molecule has 0 spiro atoms. The van der Waals surface area contributed by atoms with Crippen molar-refractivity contribution in [1.29, 1.82) is 0 Å². The molecule has 152 valence electrons. The molecular weight excluding hydrogens is 383 g/mol. The lowest BCUT2D eigenvalue weighted by Crippen LogP contribution is -2.48. The van der Waals surface area contributed by atoms with Gasteiger partial charge in [0, 0.05) is 6.54 Å². The van der Waals surface area contributed by atoms with Crippen LogP contribution in [0.5, 0.6) is 5.75 Å². The van der Waals surface area contributed by atoms with Gasteiger partial charge in [0.05, 0.1) is 19.1 Å². The number of amides is 1. The number of hydrogen-bond donors (Lipinski definition) is 1. The third-order valence-corrected chi connectivity index (χ3v) is 5.53. The van der Waals surface area contributed by atoms with Gasteiger partial charge >= 0.3 is 0 Å². The quantitative estimate of drug-likeness (QED) is 0.648. The molecule has 0 saturated heterocycles. The molecule has 1 atom stereocenters. The number of benzene rings is 2. The van der Waals surface area contributed by atoms with Gasteiger partial charge < -0.3 is 10.1 Å². The Morgan fingerprint density at radius 2 is 1.82 bits per heavy atom. The number of aryl methyl sites for hydroxylation is 1. The number of halogens is 1. The number of ether oxygens (including phenoxy) is 1. The number of para-hydroxylation sites is 1. The van der Waals surface area contributed by atoms with Crippen molar-refractivity contribution in [1.82, 2.24) is 5.32 Å². The number of carbonyl (C=O) groups excluding carboxylic acids is 1. The fraction of sp³-hybridized carbons (Fsp3) is 0.350. The lowest BCUT2D eigenvalue weighted by Gasteiger charge is -2.28. The normalized spacial score (nSPS) is 12.3. The van der Waals surface area contributed by atoms with Crippen molar-refractivity contribution in [2.75, 3.05) is 24.2 Å². The second-order valence-electron chi connectivity index (χ2n) is 6.42. The van der Waals surface area contributed by atoms with E-state index in [1.807, 2.05) is 24.3 Å². The molecule has 0 aromatic heterocycles. The van der Waals surface area contributed by atoms with Crippen LogP contribution in [-0.4, -0.2) is 40.3 Å². The van der Waals surface area contributed by atoms with Crippen LogP contribution >= 0.6 is 0 Å². The van der Waals surface area contributed by atoms with E-state index in [2.05, 4.69) is 5.32 Å². The number of nitrogens with one attached hydrogen (secondary N) is 1. The highest BCUT2D eigenvalue weighted by Crippen LogP contribution is 2.21. The Hall–Kier alpha value is -2.61. The summed E-state index contributed by atoms with van der Waals surface area (Å²) in [7, 11) is -2.12. The molecule has 0 aliphatic rings. The third-order valence-electron chi connectivity index (χ3n) is 4.28. The van der Waals surface area contributed by atoms with Crippen LogP contribution in [0.25, 0.3) is 0 Å². The molecule has 0 bridgehead atoms. The molecule has 2 aromatic carbocycles. The monoisotopic (exact) mass is 408 g/mol. The van der Waals surface area contributed by atoms with Crippen molar-refractivity contribution >= 4 is 21.6 Å². The first-order valence-electron chi connectivity index (χ1n) is 8.88. The fourth-order valence-electron chi connectivity index (χ4n) is 2.94. The maximum absolute atomic E-state index is 13.1. The molecule has 0 fully saturated rings. The number of methoxy groups -OCH3 is 1. The van der Waals surface area contributed by atoms with Gasteiger partial charge in [-0.25, -0.2) is 12.8 Å². The van der Waals surface area contributed by atoms with Gasteiger partial charge in [0.15, 0.2) is 0 Å². The Labute approximate surface area is 165 Å². The number of sulfonamides is 1.